The van der Waals surface area contributed by atoms with Gasteiger partial charge in [-0.1, -0.05) is 20.3 Å². The summed E-state index contributed by atoms with van der Waals surface area (Å²) < 4.78 is 5.64. The molecule has 0 aliphatic rings. The number of rotatable bonds is 9. The Labute approximate surface area is 109 Å². The largest absolute Gasteiger partial charge is 0.380 e. The van der Waals surface area contributed by atoms with Gasteiger partial charge in [0.1, 0.15) is 0 Å². The Kier molecular flexibility index (Phi) is 7.49. The van der Waals surface area contributed by atoms with Crippen LogP contribution in [0.4, 0.5) is 0 Å². The summed E-state index contributed by atoms with van der Waals surface area (Å²) in [6, 6.07) is 2.17. The predicted molar refractivity (Wildman–Crippen MR) is 75.7 cm³/mol. The van der Waals surface area contributed by atoms with E-state index in [1.165, 1.54) is 23.3 Å². The fraction of sp³-hybridized carbons (Fsp3) is 0.714. The van der Waals surface area contributed by atoms with Crippen molar-refractivity contribution in [2.24, 2.45) is 5.92 Å². The highest BCUT2D eigenvalue weighted by Gasteiger charge is 2.01. The van der Waals surface area contributed by atoms with Crippen molar-refractivity contribution >= 4 is 11.3 Å². The number of ether oxygens (including phenoxy) is 1. The van der Waals surface area contributed by atoms with Crippen LogP contribution < -0.4 is 5.32 Å². The van der Waals surface area contributed by atoms with Gasteiger partial charge >= 0.3 is 0 Å². The maximum atomic E-state index is 5.64. The highest BCUT2D eigenvalue weighted by molar-refractivity contribution is 7.10. The lowest BCUT2D eigenvalue weighted by molar-refractivity contribution is 0.103. The fourth-order valence-corrected chi connectivity index (χ4v) is 2.67. The molecule has 17 heavy (non-hydrogen) atoms. The average Bonchev–Trinajstić information content (AvgIpc) is 2.70. The van der Waals surface area contributed by atoms with Gasteiger partial charge in [0.25, 0.3) is 0 Å². The average molecular weight is 255 g/mol. The van der Waals surface area contributed by atoms with Crippen LogP contribution in [-0.2, 0) is 11.3 Å². The van der Waals surface area contributed by atoms with Crippen LogP contribution in [0, 0.1) is 12.8 Å². The van der Waals surface area contributed by atoms with Crippen LogP contribution in [0.2, 0.25) is 0 Å². The number of aryl methyl sites for hydroxylation is 1. The van der Waals surface area contributed by atoms with Crippen LogP contribution in [0.15, 0.2) is 11.4 Å². The molecule has 1 unspecified atom stereocenters. The van der Waals surface area contributed by atoms with Gasteiger partial charge in [0.15, 0.2) is 0 Å². The van der Waals surface area contributed by atoms with Crippen LogP contribution in [0.1, 0.15) is 37.1 Å². The molecule has 1 N–H and O–H groups in total. The van der Waals surface area contributed by atoms with Gasteiger partial charge in [0.2, 0.25) is 0 Å². The minimum atomic E-state index is 0.694. The molecule has 0 bridgehead atoms. The number of hydrogen-bond acceptors (Lipinski definition) is 3. The molecule has 0 radical (unpaired) electrons. The van der Waals surface area contributed by atoms with E-state index in [0.717, 1.165) is 26.3 Å². The van der Waals surface area contributed by atoms with Gasteiger partial charge < -0.3 is 10.1 Å². The molecule has 0 saturated carbocycles. The standard InChI is InChI=1S/C14H25NOS/c1-4-5-12(2)11-16-8-7-15-10-14-13(3)6-9-17-14/h6,9,12,15H,4-5,7-8,10-11H2,1-3H3. The van der Waals surface area contributed by atoms with Crippen molar-refractivity contribution in [1.29, 1.82) is 0 Å². The molecule has 0 fully saturated rings. The van der Waals surface area contributed by atoms with Gasteiger partial charge in [-0.15, -0.1) is 11.3 Å². The molecular weight excluding hydrogens is 230 g/mol. The molecule has 1 rings (SSSR count). The molecule has 0 aliphatic heterocycles. The van der Waals surface area contributed by atoms with Crippen LogP contribution >= 0.6 is 11.3 Å². The second-order valence-electron chi connectivity index (χ2n) is 4.67. The molecule has 1 atom stereocenters. The Hall–Kier alpha value is -0.380. The Bertz CT molecular complexity index is 298. The van der Waals surface area contributed by atoms with E-state index in [0.29, 0.717) is 5.92 Å². The van der Waals surface area contributed by atoms with Crippen LogP contribution in [-0.4, -0.2) is 19.8 Å². The zero-order valence-electron chi connectivity index (χ0n) is 11.3. The molecular formula is C14H25NOS. The van der Waals surface area contributed by atoms with E-state index in [9.17, 15) is 0 Å². The van der Waals surface area contributed by atoms with Crippen LogP contribution in [0.3, 0.4) is 0 Å². The van der Waals surface area contributed by atoms with Gasteiger partial charge in [-0.3, -0.25) is 0 Å². The normalized spacial score (nSPS) is 12.9. The van der Waals surface area contributed by atoms with E-state index in [-0.39, 0.29) is 0 Å². The minimum Gasteiger partial charge on any atom is -0.380 e. The summed E-state index contributed by atoms with van der Waals surface area (Å²) in [5.41, 5.74) is 1.39. The van der Waals surface area contributed by atoms with Crippen molar-refractivity contribution in [2.45, 2.75) is 40.2 Å². The van der Waals surface area contributed by atoms with E-state index in [1.54, 1.807) is 0 Å². The fourth-order valence-electron chi connectivity index (χ4n) is 1.79. The molecule has 3 heteroatoms. The first-order valence-corrected chi connectivity index (χ1v) is 7.43. The third-order valence-corrected chi connectivity index (χ3v) is 3.88. The van der Waals surface area contributed by atoms with E-state index in [1.807, 2.05) is 11.3 Å². The van der Waals surface area contributed by atoms with Gasteiger partial charge in [-0.05, 0) is 36.3 Å². The lowest BCUT2D eigenvalue weighted by atomic mass is 10.1. The van der Waals surface area contributed by atoms with Crippen molar-refractivity contribution in [1.82, 2.24) is 5.32 Å². The summed E-state index contributed by atoms with van der Waals surface area (Å²) in [5, 5.41) is 5.57. The monoisotopic (exact) mass is 255 g/mol. The maximum absolute atomic E-state index is 5.64. The summed E-state index contributed by atoms with van der Waals surface area (Å²) in [6.45, 7) is 10.3. The molecule has 98 valence electrons. The smallest absolute Gasteiger partial charge is 0.0591 e. The zero-order valence-corrected chi connectivity index (χ0v) is 12.1. The summed E-state index contributed by atoms with van der Waals surface area (Å²) in [7, 11) is 0. The molecule has 0 aromatic carbocycles. The Balaban J connectivity index is 1.96. The molecule has 1 aromatic rings. The third kappa shape index (κ3) is 6.20. The number of nitrogens with one attached hydrogen (secondary N) is 1. The van der Waals surface area contributed by atoms with Crippen LogP contribution in [0.25, 0.3) is 0 Å². The summed E-state index contributed by atoms with van der Waals surface area (Å²) >= 11 is 1.82. The van der Waals surface area contributed by atoms with Crippen molar-refractivity contribution in [3.8, 4) is 0 Å². The molecule has 0 saturated heterocycles. The second kappa shape index (κ2) is 8.67. The topological polar surface area (TPSA) is 21.3 Å². The Morgan fingerprint density at radius 3 is 2.94 bits per heavy atom. The first-order valence-electron chi connectivity index (χ1n) is 6.55. The van der Waals surface area contributed by atoms with Crippen molar-refractivity contribution < 1.29 is 4.74 Å². The highest BCUT2D eigenvalue weighted by Crippen LogP contribution is 2.14. The number of thiophene rings is 1. The summed E-state index contributed by atoms with van der Waals surface area (Å²) in [5.74, 6) is 0.694. The molecule has 1 aromatic heterocycles. The van der Waals surface area contributed by atoms with Crippen molar-refractivity contribution in [2.75, 3.05) is 19.8 Å². The van der Waals surface area contributed by atoms with E-state index < -0.39 is 0 Å². The lowest BCUT2D eigenvalue weighted by Gasteiger charge is -2.11. The van der Waals surface area contributed by atoms with Gasteiger partial charge in [0.05, 0.1) is 6.61 Å². The highest BCUT2D eigenvalue weighted by atomic mass is 32.1. The van der Waals surface area contributed by atoms with E-state index >= 15 is 0 Å². The first-order chi connectivity index (χ1) is 8.24. The quantitative estimate of drug-likeness (QED) is 0.681. The first kappa shape index (κ1) is 14.7. The summed E-state index contributed by atoms with van der Waals surface area (Å²) in [4.78, 5) is 1.43. The van der Waals surface area contributed by atoms with Crippen LogP contribution in [0.5, 0.6) is 0 Å². The van der Waals surface area contributed by atoms with Crippen molar-refractivity contribution in [3.05, 3.63) is 21.9 Å². The lowest BCUT2D eigenvalue weighted by Crippen LogP contribution is -2.20. The molecule has 0 amide bonds. The van der Waals surface area contributed by atoms with Crippen molar-refractivity contribution in [3.63, 3.8) is 0 Å². The third-order valence-electron chi connectivity index (χ3n) is 2.86. The minimum absolute atomic E-state index is 0.694. The van der Waals surface area contributed by atoms with E-state index in [2.05, 4.69) is 37.5 Å². The Morgan fingerprint density at radius 1 is 1.47 bits per heavy atom. The van der Waals surface area contributed by atoms with E-state index in [4.69, 9.17) is 4.74 Å². The molecule has 2 nitrogen and oxygen atoms in total. The second-order valence-corrected chi connectivity index (χ2v) is 5.67. The molecule has 0 aliphatic carbocycles. The SMILES string of the molecule is CCCC(C)COCCNCc1sccc1C. The summed E-state index contributed by atoms with van der Waals surface area (Å²) in [6.07, 6.45) is 2.52. The number of hydrogen-bond donors (Lipinski definition) is 1. The maximum Gasteiger partial charge on any atom is 0.0591 e. The Morgan fingerprint density at radius 2 is 2.29 bits per heavy atom. The zero-order chi connectivity index (χ0) is 12.5. The van der Waals surface area contributed by atoms with Gasteiger partial charge in [-0.2, -0.15) is 0 Å². The predicted octanol–water partition coefficient (Wildman–Crippen LogP) is 3.60. The molecule has 0 spiro atoms. The van der Waals surface area contributed by atoms with Gasteiger partial charge in [-0.25, -0.2) is 0 Å². The molecule has 1 heterocycles. The van der Waals surface area contributed by atoms with Gasteiger partial charge in [0, 0.05) is 24.6 Å².